The molecule has 166 valence electrons. The van der Waals surface area contributed by atoms with Crippen molar-refractivity contribution in [3.05, 3.63) is 53.9 Å². The Kier molecular flexibility index (Phi) is 3.55. The number of rotatable bonds is 1. The molecule has 0 N–H and O–H groups in total. The molecule has 5 aromatic rings. The van der Waals surface area contributed by atoms with Crippen molar-refractivity contribution in [2.24, 2.45) is 31.8 Å². The van der Waals surface area contributed by atoms with E-state index < -0.39 is 0 Å². The van der Waals surface area contributed by atoms with Crippen molar-refractivity contribution in [1.29, 1.82) is 0 Å². The van der Waals surface area contributed by atoms with E-state index in [4.69, 9.17) is 0 Å². The number of nitrogens with zero attached hydrogens (tertiary/aromatic N) is 2. The fourth-order valence-electron chi connectivity index (χ4n) is 8.66. The van der Waals surface area contributed by atoms with E-state index in [1.54, 1.807) is 5.56 Å². The molecule has 9 rings (SSSR count). The van der Waals surface area contributed by atoms with Gasteiger partial charge in [0.15, 0.2) is 6.20 Å². The molecule has 0 atom stereocenters. The quantitative estimate of drug-likeness (QED) is 0.144. The first kappa shape index (κ1) is 19.0. The summed E-state index contributed by atoms with van der Waals surface area (Å²) in [6.07, 6.45) is 13.3. The zero-order chi connectivity index (χ0) is 22.1. The molecule has 2 nitrogen and oxygen atoms in total. The fraction of sp³-hybridized carbons (Fsp3) is 0.433. The van der Waals surface area contributed by atoms with E-state index in [0.29, 0.717) is 5.41 Å². The zero-order valence-corrected chi connectivity index (χ0v) is 20.6. The van der Waals surface area contributed by atoms with Gasteiger partial charge in [-0.05, 0) is 97.3 Å². The van der Waals surface area contributed by atoms with Crippen LogP contribution in [0.2, 0.25) is 0 Å². The van der Waals surface area contributed by atoms with Gasteiger partial charge in [0.2, 0.25) is 5.52 Å². The summed E-state index contributed by atoms with van der Waals surface area (Å²) < 4.78 is 7.52. The number of aryl methyl sites for hydroxylation is 3. The molecule has 4 aliphatic rings. The fourth-order valence-corrected chi connectivity index (χ4v) is 9.93. The number of hydrogen-bond donors (Lipinski definition) is 0. The number of benzene rings is 2. The Balaban J connectivity index is 1.47. The maximum absolute atomic E-state index is 2.62. The van der Waals surface area contributed by atoms with Crippen LogP contribution in [0.1, 0.15) is 49.7 Å². The maximum atomic E-state index is 2.62. The molecule has 4 bridgehead atoms. The average molecular weight is 452 g/mol. The third-order valence-corrected chi connectivity index (χ3v) is 10.8. The lowest BCUT2D eigenvalue weighted by Crippen LogP contribution is -2.48. The first-order valence-corrected chi connectivity index (χ1v) is 13.5. The second kappa shape index (κ2) is 6.18. The van der Waals surface area contributed by atoms with Crippen LogP contribution in [0.4, 0.5) is 0 Å². The van der Waals surface area contributed by atoms with Crippen molar-refractivity contribution >= 4 is 53.3 Å². The minimum Gasteiger partial charge on any atom is -0.350 e. The highest BCUT2D eigenvalue weighted by Crippen LogP contribution is 2.61. The predicted molar refractivity (Wildman–Crippen MR) is 139 cm³/mol. The van der Waals surface area contributed by atoms with Gasteiger partial charge in [0.1, 0.15) is 7.05 Å². The summed E-state index contributed by atoms with van der Waals surface area (Å²) in [4.78, 5) is 0. The van der Waals surface area contributed by atoms with E-state index in [0.717, 1.165) is 17.8 Å². The predicted octanol–water partition coefficient (Wildman–Crippen LogP) is 7.30. The van der Waals surface area contributed by atoms with Crippen LogP contribution in [0.15, 0.2) is 42.7 Å². The van der Waals surface area contributed by atoms with E-state index in [9.17, 15) is 0 Å². The lowest BCUT2D eigenvalue weighted by molar-refractivity contribution is -0.642. The summed E-state index contributed by atoms with van der Waals surface area (Å²) >= 11 is 2.02. The van der Waals surface area contributed by atoms with Gasteiger partial charge in [-0.1, -0.05) is 6.07 Å². The van der Waals surface area contributed by atoms with Crippen molar-refractivity contribution in [2.75, 3.05) is 0 Å². The molecule has 0 amide bonds. The largest absolute Gasteiger partial charge is 0.350 e. The van der Waals surface area contributed by atoms with Gasteiger partial charge in [0, 0.05) is 45.5 Å². The van der Waals surface area contributed by atoms with E-state index >= 15 is 0 Å². The molecule has 33 heavy (non-hydrogen) atoms. The first-order valence-electron chi connectivity index (χ1n) is 12.7. The van der Waals surface area contributed by atoms with Gasteiger partial charge in [-0.2, -0.15) is 0 Å². The standard InChI is InChI=1S/C30H31N2S/c1-17-23-5-7-31(2)24(23)13-26-27(17)29-28-21(4-6-32(29)3)11-22(12-25(28)33-26)30-14-18-8-19(15-30)10-20(9-18)16-30/h4-7,11-13,18-20H,8-10,14-16H2,1-3H3/q+1. The molecule has 0 spiro atoms. The van der Waals surface area contributed by atoms with E-state index in [1.165, 1.54) is 86.1 Å². The molecule has 0 aliphatic heterocycles. The van der Waals surface area contributed by atoms with Gasteiger partial charge in [-0.15, -0.1) is 11.3 Å². The van der Waals surface area contributed by atoms with E-state index in [2.05, 4.69) is 72.9 Å². The van der Waals surface area contributed by atoms with Crippen LogP contribution in [0.25, 0.3) is 42.0 Å². The smallest absolute Gasteiger partial charge is 0.214 e. The normalized spacial score (nSPS) is 28.8. The Bertz CT molecular complexity index is 1600. The van der Waals surface area contributed by atoms with E-state index in [-0.39, 0.29) is 0 Å². The highest BCUT2D eigenvalue weighted by Gasteiger charge is 2.51. The molecule has 3 heterocycles. The molecule has 4 saturated carbocycles. The summed E-state index contributed by atoms with van der Waals surface area (Å²) in [5.41, 5.74) is 6.24. The highest BCUT2D eigenvalue weighted by atomic mass is 32.1. The van der Waals surface area contributed by atoms with Crippen molar-refractivity contribution in [3.8, 4) is 0 Å². The van der Waals surface area contributed by atoms with Crippen molar-refractivity contribution in [1.82, 2.24) is 4.57 Å². The van der Waals surface area contributed by atoms with Crippen LogP contribution < -0.4 is 4.57 Å². The highest BCUT2D eigenvalue weighted by molar-refractivity contribution is 7.25. The van der Waals surface area contributed by atoms with Crippen LogP contribution in [0.5, 0.6) is 0 Å². The first-order chi connectivity index (χ1) is 16.0. The second-order valence-corrected chi connectivity index (χ2v) is 12.8. The summed E-state index contributed by atoms with van der Waals surface area (Å²) in [7, 11) is 4.39. The number of hydrogen-bond acceptors (Lipinski definition) is 1. The average Bonchev–Trinajstić information content (AvgIpc) is 3.15. The minimum atomic E-state index is 0.441. The molecule has 4 aliphatic carbocycles. The van der Waals surface area contributed by atoms with E-state index in [1.807, 2.05) is 11.3 Å². The van der Waals surface area contributed by atoms with Gasteiger partial charge in [-0.25, -0.2) is 4.57 Å². The molecule has 0 saturated heterocycles. The lowest BCUT2D eigenvalue weighted by Gasteiger charge is -2.57. The lowest BCUT2D eigenvalue weighted by atomic mass is 9.48. The van der Waals surface area contributed by atoms with Crippen LogP contribution >= 0.6 is 11.3 Å². The van der Waals surface area contributed by atoms with Gasteiger partial charge < -0.3 is 4.57 Å². The van der Waals surface area contributed by atoms with Gasteiger partial charge in [-0.3, -0.25) is 0 Å². The van der Waals surface area contributed by atoms with Crippen LogP contribution in [0.3, 0.4) is 0 Å². The number of aromatic nitrogens is 2. The van der Waals surface area contributed by atoms with Crippen molar-refractivity contribution in [2.45, 2.75) is 50.9 Å². The summed E-state index contributed by atoms with van der Waals surface area (Å²) in [6, 6.07) is 12.3. The molecule has 0 unspecified atom stereocenters. The topological polar surface area (TPSA) is 8.81 Å². The Morgan fingerprint density at radius 3 is 2.36 bits per heavy atom. The number of fused-ring (bicyclic) bond motifs is 3. The SMILES string of the molecule is Cc1c2cc[n+](C)c2cc2sc3cc(C45CC6CC(CC(C6)C4)C5)cc4ccn(C)c(c12)c43. The third-order valence-electron chi connectivity index (χ3n) is 9.72. The monoisotopic (exact) mass is 451 g/mol. The van der Waals surface area contributed by atoms with Crippen LogP contribution in [0, 0.1) is 24.7 Å². The Hall–Kier alpha value is -2.39. The van der Waals surface area contributed by atoms with Crippen molar-refractivity contribution in [3.63, 3.8) is 0 Å². The second-order valence-electron chi connectivity index (χ2n) is 11.7. The summed E-state index contributed by atoms with van der Waals surface area (Å²) in [6.45, 7) is 2.31. The van der Waals surface area contributed by atoms with Gasteiger partial charge in [0.25, 0.3) is 0 Å². The third kappa shape index (κ3) is 2.42. The molecular weight excluding hydrogens is 420 g/mol. The molecule has 4 fully saturated rings. The minimum absolute atomic E-state index is 0.441. The maximum Gasteiger partial charge on any atom is 0.214 e. The Morgan fingerprint density at radius 2 is 1.64 bits per heavy atom. The van der Waals surface area contributed by atoms with Gasteiger partial charge >= 0.3 is 0 Å². The Labute approximate surface area is 198 Å². The summed E-state index contributed by atoms with van der Waals surface area (Å²) in [5.74, 6) is 2.94. The Morgan fingerprint density at radius 1 is 0.939 bits per heavy atom. The molecule has 0 radical (unpaired) electrons. The van der Waals surface area contributed by atoms with Crippen LogP contribution in [-0.4, -0.2) is 4.57 Å². The molecule has 2 aromatic carbocycles. The molecule has 3 aromatic heterocycles. The number of pyridine rings is 1. The molecule has 3 heteroatoms. The van der Waals surface area contributed by atoms with Crippen molar-refractivity contribution < 1.29 is 4.57 Å². The van der Waals surface area contributed by atoms with Gasteiger partial charge in [0.05, 0.1) is 10.9 Å². The molecular formula is C30H31N2S+. The van der Waals surface area contributed by atoms with Crippen LogP contribution in [-0.2, 0) is 19.5 Å². The zero-order valence-electron chi connectivity index (χ0n) is 19.8. The summed E-state index contributed by atoms with van der Waals surface area (Å²) in [5, 5.41) is 5.71.